The Hall–Kier alpha value is -3.37. The number of nitrogens with one attached hydrogen (secondary N) is 2. The van der Waals surface area contributed by atoms with E-state index in [1.807, 2.05) is 19.9 Å². The third-order valence-corrected chi connectivity index (χ3v) is 6.41. The fraction of sp³-hybridized carbons (Fsp3) is 0.304. The Labute approximate surface area is 193 Å². The van der Waals surface area contributed by atoms with Crippen LogP contribution in [0.2, 0.25) is 0 Å². The number of anilines is 4. The van der Waals surface area contributed by atoms with Crippen LogP contribution in [-0.4, -0.2) is 51.3 Å². The van der Waals surface area contributed by atoms with Gasteiger partial charge in [0.05, 0.1) is 24.7 Å². The van der Waals surface area contributed by atoms with Crippen LogP contribution in [-0.2, 0) is 14.8 Å². The Morgan fingerprint density at radius 3 is 2.33 bits per heavy atom. The van der Waals surface area contributed by atoms with Gasteiger partial charge in [0.1, 0.15) is 11.6 Å². The quantitative estimate of drug-likeness (QED) is 0.516. The van der Waals surface area contributed by atoms with Crippen LogP contribution in [0.3, 0.4) is 0 Å². The molecule has 0 saturated carbocycles. The van der Waals surface area contributed by atoms with Gasteiger partial charge in [0.25, 0.3) is 10.0 Å². The van der Waals surface area contributed by atoms with E-state index in [9.17, 15) is 8.42 Å². The van der Waals surface area contributed by atoms with Crippen molar-refractivity contribution >= 4 is 33.2 Å². The third-order valence-electron chi connectivity index (χ3n) is 5.01. The van der Waals surface area contributed by atoms with Gasteiger partial charge in [-0.2, -0.15) is 4.98 Å². The van der Waals surface area contributed by atoms with Gasteiger partial charge in [-0.3, -0.25) is 4.72 Å². The number of aryl methyl sites for hydroxylation is 1. The molecule has 2 N–H and O–H groups in total. The lowest BCUT2D eigenvalue weighted by Crippen LogP contribution is -2.36. The SMILES string of the molecule is CCOc1ccc(S(=O)(=O)Nc2ccc(Nc3nc(C)cc(N4CCOCC4)n3)cc2)cc1. The van der Waals surface area contributed by atoms with Gasteiger partial charge in [-0.15, -0.1) is 0 Å². The zero-order valence-corrected chi connectivity index (χ0v) is 19.4. The Bertz CT molecular complexity index is 1180. The second-order valence-electron chi connectivity index (χ2n) is 7.50. The molecule has 9 nitrogen and oxygen atoms in total. The highest BCUT2D eigenvalue weighted by Gasteiger charge is 2.16. The summed E-state index contributed by atoms with van der Waals surface area (Å²) in [5, 5.41) is 3.19. The van der Waals surface area contributed by atoms with E-state index in [0.29, 0.717) is 37.2 Å². The zero-order chi connectivity index (χ0) is 23.3. The first-order chi connectivity index (χ1) is 15.9. The number of ether oxygens (including phenoxy) is 2. The van der Waals surface area contributed by atoms with E-state index >= 15 is 0 Å². The summed E-state index contributed by atoms with van der Waals surface area (Å²) in [5.74, 6) is 1.97. The molecule has 2 heterocycles. The highest BCUT2D eigenvalue weighted by Crippen LogP contribution is 2.23. The topological polar surface area (TPSA) is 106 Å². The minimum Gasteiger partial charge on any atom is -0.494 e. The van der Waals surface area contributed by atoms with Gasteiger partial charge < -0.3 is 19.7 Å². The van der Waals surface area contributed by atoms with Crippen molar-refractivity contribution in [3.8, 4) is 5.75 Å². The van der Waals surface area contributed by atoms with E-state index in [1.165, 1.54) is 12.1 Å². The van der Waals surface area contributed by atoms with Crippen molar-refractivity contribution < 1.29 is 17.9 Å². The molecular formula is C23H27N5O4S. The van der Waals surface area contributed by atoms with Crippen LogP contribution in [0, 0.1) is 6.92 Å². The van der Waals surface area contributed by atoms with Crippen LogP contribution in [0.4, 0.5) is 23.1 Å². The van der Waals surface area contributed by atoms with E-state index in [-0.39, 0.29) is 4.90 Å². The van der Waals surface area contributed by atoms with Crippen LogP contribution in [0.5, 0.6) is 5.75 Å². The molecular weight excluding hydrogens is 442 g/mol. The molecule has 174 valence electrons. The third kappa shape index (κ3) is 5.91. The first kappa shape index (κ1) is 22.8. The first-order valence-electron chi connectivity index (χ1n) is 10.7. The molecule has 1 aliphatic heterocycles. The highest BCUT2D eigenvalue weighted by molar-refractivity contribution is 7.92. The number of hydrogen-bond donors (Lipinski definition) is 2. The van der Waals surface area contributed by atoms with Gasteiger partial charge in [0, 0.05) is 36.2 Å². The van der Waals surface area contributed by atoms with Gasteiger partial charge >= 0.3 is 0 Å². The second-order valence-corrected chi connectivity index (χ2v) is 9.19. The normalized spacial score (nSPS) is 14.1. The average Bonchev–Trinajstić information content (AvgIpc) is 2.81. The Morgan fingerprint density at radius 2 is 1.67 bits per heavy atom. The maximum absolute atomic E-state index is 12.7. The molecule has 0 bridgehead atoms. The first-order valence-corrected chi connectivity index (χ1v) is 12.2. The van der Waals surface area contributed by atoms with Gasteiger partial charge in [0.2, 0.25) is 5.95 Å². The molecule has 0 spiro atoms. The van der Waals surface area contributed by atoms with Crippen LogP contribution in [0.25, 0.3) is 0 Å². The number of benzene rings is 2. The van der Waals surface area contributed by atoms with Crippen molar-refractivity contribution in [2.75, 3.05) is 47.8 Å². The summed E-state index contributed by atoms with van der Waals surface area (Å²) in [6.45, 7) is 7.26. The fourth-order valence-corrected chi connectivity index (χ4v) is 4.47. The van der Waals surface area contributed by atoms with E-state index in [2.05, 4.69) is 24.9 Å². The Morgan fingerprint density at radius 1 is 1.00 bits per heavy atom. The summed E-state index contributed by atoms with van der Waals surface area (Å²) in [6, 6.07) is 15.2. The molecule has 1 aliphatic rings. The summed E-state index contributed by atoms with van der Waals surface area (Å²) in [6.07, 6.45) is 0. The number of aromatic nitrogens is 2. The van der Waals surface area contributed by atoms with Gasteiger partial charge in [0.15, 0.2) is 0 Å². The van der Waals surface area contributed by atoms with Crippen LogP contribution >= 0.6 is 0 Å². The molecule has 3 aromatic rings. The molecule has 0 aliphatic carbocycles. The summed E-state index contributed by atoms with van der Waals surface area (Å²) < 4.78 is 38.7. The monoisotopic (exact) mass is 469 g/mol. The smallest absolute Gasteiger partial charge is 0.261 e. The van der Waals surface area contributed by atoms with Gasteiger partial charge in [-0.1, -0.05) is 0 Å². The maximum atomic E-state index is 12.7. The average molecular weight is 470 g/mol. The molecule has 4 rings (SSSR count). The lowest BCUT2D eigenvalue weighted by molar-refractivity contribution is 0.122. The van der Waals surface area contributed by atoms with Crippen LogP contribution in [0.15, 0.2) is 59.5 Å². The Kier molecular flexibility index (Phi) is 6.95. The summed E-state index contributed by atoms with van der Waals surface area (Å²) >= 11 is 0. The number of nitrogens with zero attached hydrogens (tertiary/aromatic N) is 3. The largest absolute Gasteiger partial charge is 0.494 e. The molecule has 0 amide bonds. The van der Waals surface area contributed by atoms with Crippen molar-refractivity contribution in [3.05, 3.63) is 60.3 Å². The summed E-state index contributed by atoms with van der Waals surface area (Å²) in [4.78, 5) is 11.4. The Balaban J connectivity index is 1.43. The van der Waals surface area contributed by atoms with Crippen molar-refractivity contribution in [1.29, 1.82) is 0 Å². The number of hydrogen-bond acceptors (Lipinski definition) is 8. The van der Waals surface area contributed by atoms with Crippen molar-refractivity contribution in [3.63, 3.8) is 0 Å². The zero-order valence-electron chi connectivity index (χ0n) is 18.6. The maximum Gasteiger partial charge on any atom is 0.261 e. The predicted molar refractivity (Wildman–Crippen MR) is 128 cm³/mol. The second kappa shape index (κ2) is 10.1. The van der Waals surface area contributed by atoms with Gasteiger partial charge in [-0.25, -0.2) is 13.4 Å². The molecule has 10 heteroatoms. The molecule has 0 unspecified atom stereocenters. The van der Waals surface area contributed by atoms with Gasteiger partial charge in [-0.05, 0) is 62.4 Å². The van der Waals surface area contributed by atoms with E-state index in [0.717, 1.165) is 30.3 Å². The van der Waals surface area contributed by atoms with Crippen molar-refractivity contribution in [2.24, 2.45) is 0 Å². The molecule has 1 aromatic heterocycles. The lowest BCUT2D eigenvalue weighted by Gasteiger charge is -2.28. The van der Waals surface area contributed by atoms with Crippen molar-refractivity contribution in [1.82, 2.24) is 9.97 Å². The van der Waals surface area contributed by atoms with E-state index < -0.39 is 10.0 Å². The lowest BCUT2D eigenvalue weighted by atomic mass is 10.3. The number of morpholine rings is 1. The molecule has 0 atom stereocenters. The molecule has 2 aromatic carbocycles. The fourth-order valence-electron chi connectivity index (χ4n) is 3.41. The van der Waals surface area contributed by atoms with Crippen molar-refractivity contribution in [2.45, 2.75) is 18.7 Å². The predicted octanol–water partition coefficient (Wildman–Crippen LogP) is 3.56. The summed E-state index contributed by atoms with van der Waals surface area (Å²) in [5.41, 5.74) is 2.06. The van der Waals surface area contributed by atoms with Crippen LogP contribution < -0.4 is 19.7 Å². The number of rotatable bonds is 8. The molecule has 0 radical (unpaired) electrons. The standard InChI is InChI=1S/C23H27N5O4S/c1-3-32-20-8-10-21(11-9-20)33(29,30)27-19-6-4-18(5-7-19)25-23-24-17(2)16-22(26-23)28-12-14-31-15-13-28/h4-11,16,27H,3,12-15H2,1-2H3,(H,24,25,26). The summed E-state index contributed by atoms with van der Waals surface area (Å²) in [7, 11) is -3.71. The van der Waals surface area contributed by atoms with E-state index in [1.54, 1.807) is 36.4 Å². The molecule has 1 saturated heterocycles. The van der Waals surface area contributed by atoms with E-state index in [4.69, 9.17) is 9.47 Å². The minimum atomic E-state index is -3.71. The van der Waals surface area contributed by atoms with Crippen LogP contribution in [0.1, 0.15) is 12.6 Å². The number of sulfonamides is 1. The highest BCUT2D eigenvalue weighted by atomic mass is 32.2. The molecule has 33 heavy (non-hydrogen) atoms. The minimum absolute atomic E-state index is 0.164. The molecule has 1 fully saturated rings.